The first-order valence-electron chi connectivity index (χ1n) is 5.18. The molecule has 0 aliphatic carbocycles. The van der Waals surface area contributed by atoms with Crippen molar-refractivity contribution in [1.29, 1.82) is 0 Å². The van der Waals surface area contributed by atoms with Gasteiger partial charge >= 0.3 is 5.97 Å². The van der Waals surface area contributed by atoms with Crippen molar-refractivity contribution in [3.8, 4) is 0 Å². The zero-order chi connectivity index (χ0) is 12.3. The smallest absolute Gasteiger partial charge is 0.320 e. The molecule has 0 aliphatic heterocycles. The van der Waals surface area contributed by atoms with E-state index in [2.05, 4.69) is 0 Å². The molecule has 0 aliphatic rings. The largest absolute Gasteiger partial charge is 0.480 e. The number of benzene rings is 1. The molecule has 1 aromatic carbocycles. The Labute approximate surface area is 94.1 Å². The molecule has 1 aromatic rings. The fourth-order valence-electron chi connectivity index (χ4n) is 1.47. The van der Waals surface area contributed by atoms with E-state index in [0.717, 1.165) is 5.56 Å². The molecule has 0 heterocycles. The average Bonchev–Trinajstić information content (AvgIpc) is 2.16. The molecule has 0 amide bonds. The van der Waals surface area contributed by atoms with Gasteiger partial charge in [0.15, 0.2) is 0 Å². The van der Waals surface area contributed by atoms with Crippen LogP contribution >= 0.6 is 0 Å². The van der Waals surface area contributed by atoms with E-state index in [1.165, 1.54) is 12.1 Å². The molecule has 1 atom stereocenters. The van der Waals surface area contributed by atoms with Gasteiger partial charge in [-0.2, -0.15) is 0 Å². The second kappa shape index (κ2) is 5.07. The summed E-state index contributed by atoms with van der Waals surface area (Å²) in [4.78, 5) is 10.6. The van der Waals surface area contributed by atoms with Gasteiger partial charge in [-0.15, -0.1) is 0 Å². The summed E-state index contributed by atoms with van der Waals surface area (Å²) in [6, 6.07) is 3.60. The van der Waals surface area contributed by atoms with Crippen molar-refractivity contribution in [2.45, 2.75) is 32.2 Å². The molecular weight excluding hydrogens is 209 g/mol. The molecule has 3 nitrogen and oxygen atoms in total. The number of hydrogen-bond acceptors (Lipinski definition) is 2. The molecule has 0 bridgehead atoms. The standard InChI is InChI=1S/C12H16FNO2/c1-7(2)9-3-8(4-10(13)6-9)5-11(14)12(15)16/h3-4,6-7,11H,5,14H2,1-2H3,(H,15,16). The first-order valence-corrected chi connectivity index (χ1v) is 5.18. The van der Waals surface area contributed by atoms with Crippen LogP contribution in [-0.4, -0.2) is 17.1 Å². The summed E-state index contributed by atoms with van der Waals surface area (Å²) in [6.45, 7) is 3.91. The van der Waals surface area contributed by atoms with Gasteiger partial charge in [0.2, 0.25) is 0 Å². The van der Waals surface area contributed by atoms with Gasteiger partial charge in [-0.05, 0) is 35.6 Å². The highest BCUT2D eigenvalue weighted by Crippen LogP contribution is 2.18. The number of halogens is 1. The van der Waals surface area contributed by atoms with Gasteiger partial charge in [-0.25, -0.2) is 4.39 Å². The number of hydrogen-bond donors (Lipinski definition) is 2. The van der Waals surface area contributed by atoms with Crippen molar-refractivity contribution in [2.75, 3.05) is 0 Å². The number of carboxylic acid groups (broad SMARTS) is 1. The van der Waals surface area contributed by atoms with Crippen LogP contribution in [0, 0.1) is 5.82 Å². The van der Waals surface area contributed by atoms with Crippen molar-refractivity contribution in [3.63, 3.8) is 0 Å². The van der Waals surface area contributed by atoms with Crippen LogP contribution in [0.1, 0.15) is 30.9 Å². The number of aliphatic carboxylic acids is 1. The third-order valence-electron chi connectivity index (χ3n) is 2.42. The van der Waals surface area contributed by atoms with Crippen molar-refractivity contribution < 1.29 is 14.3 Å². The van der Waals surface area contributed by atoms with Crippen molar-refractivity contribution in [2.24, 2.45) is 5.73 Å². The zero-order valence-corrected chi connectivity index (χ0v) is 9.40. The highest BCUT2D eigenvalue weighted by atomic mass is 19.1. The second-order valence-corrected chi connectivity index (χ2v) is 4.20. The van der Waals surface area contributed by atoms with Gasteiger partial charge in [0.1, 0.15) is 11.9 Å². The van der Waals surface area contributed by atoms with Crippen LogP contribution in [0.4, 0.5) is 4.39 Å². The van der Waals surface area contributed by atoms with Crippen LogP contribution in [0.3, 0.4) is 0 Å². The van der Waals surface area contributed by atoms with Crippen LogP contribution in [0.15, 0.2) is 18.2 Å². The van der Waals surface area contributed by atoms with E-state index >= 15 is 0 Å². The van der Waals surface area contributed by atoms with Crippen molar-refractivity contribution in [3.05, 3.63) is 35.1 Å². The third kappa shape index (κ3) is 3.31. The molecule has 0 saturated carbocycles. The zero-order valence-electron chi connectivity index (χ0n) is 9.40. The van der Waals surface area contributed by atoms with E-state index in [9.17, 15) is 9.18 Å². The molecule has 3 N–H and O–H groups in total. The first kappa shape index (κ1) is 12.6. The molecule has 88 valence electrons. The lowest BCUT2D eigenvalue weighted by molar-refractivity contribution is -0.138. The molecule has 1 rings (SSSR count). The summed E-state index contributed by atoms with van der Waals surface area (Å²) in [5, 5.41) is 8.67. The Bertz CT molecular complexity index is 391. The van der Waals surface area contributed by atoms with Gasteiger partial charge in [-0.3, -0.25) is 4.79 Å². The molecule has 0 saturated heterocycles. The summed E-state index contributed by atoms with van der Waals surface area (Å²) in [5.74, 6) is -1.22. The summed E-state index contributed by atoms with van der Waals surface area (Å²) in [7, 11) is 0. The predicted octanol–water partition coefficient (Wildman–Crippen LogP) is 1.90. The van der Waals surface area contributed by atoms with E-state index in [-0.39, 0.29) is 18.2 Å². The Morgan fingerprint density at radius 2 is 2.06 bits per heavy atom. The molecular formula is C12H16FNO2. The summed E-state index contributed by atoms with van der Waals surface area (Å²) < 4.78 is 13.3. The molecule has 0 radical (unpaired) electrons. The maximum absolute atomic E-state index is 13.3. The van der Waals surface area contributed by atoms with E-state index in [4.69, 9.17) is 10.8 Å². The molecule has 16 heavy (non-hydrogen) atoms. The maximum atomic E-state index is 13.3. The van der Waals surface area contributed by atoms with Gasteiger partial charge in [0, 0.05) is 0 Å². The Hall–Kier alpha value is -1.42. The first-order chi connectivity index (χ1) is 7.40. The lowest BCUT2D eigenvalue weighted by atomic mass is 9.97. The Morgan fingerprint density at radius 1 is 1.44 bits per heavy atom. The monoisotopic (exact) mass is 225 g/mol. The normalized spacial score (nSPS) is 12.8. The minimum Gasteiger partial charge on any atom is -0.480 e. The third-order valence-corrected chi connectivity index (χ3v) is 2.42. The van der Waals surface area contributed by atoms with Gasteiger partial charge < -0.3 is 10.8 Å². The van der Waals surface area contributed by atoms with E-state index in [1.807, 2.05) is 13.8 Å². The van der Waals surface area contributed by atoms with Crippen molar-refractivity contribution >= 4 is 5.97 Å². The number of carbonyl (C=O) groups is 1. The Kier molecular flexibility index (Phi) is 4.01. The fraction of sp³-hybridized carbons (Fsp3) is 0.417. The topological polar surface area (TPSA) is 63.3 Å². The quantitative estimate of drug-likeness (QED) is 0.822. The lowest BCUT2D eigenvalue weighted by Gasteiger charge is -2.11. The van der Waals surface area contributed by atoms with Gasteiger partial charge in [0.05, 0.1) is 0 Å². The minimum atomic E-state index is -1.07. The summed E-state index contributed by atoms with van der Waals surface area (Å²) in [6.07, 6.45) is 0.146. The van der Waals surface area contributed by atoms with Gasteiger partial charge in [-0.1, -0.05) is 19.9 Å². The van der Waals surface area contributed by atoms with Crippen LogP contribution < -0.4 is 5.73 Å². The van der Waals surface area contributed by atoms with Crippen LogP contribution in [-0.2, 0) is 11.2 Å². The average molecular weight is 225 g/mol. The van der Waals surface area contributed by atoms with Crippen LogP contribution in [0.25, 0.3) is 0 Å². The van der Waals surface area contributed by atoms with Crippen LogP contribution in [0.5, 0.6) is 0 Å². The molecule has 0 aromatic heterocycles. The van der Waals surface area contributed by atoms with E-state index < -0.39 is 12.0 Å². The molecule has 1 unspecified atom stereocenters. The predicted molar refractivity (Wildman–Crippen MR) is 59.8 cm³/mol. The van der Waals surface area contributed by atoms with E-state index in [1.54, 1.807) is 6.07 Å². The Morgan fingerprint density at radius 3 is 2.56 bits per heavy atom. The highest BCUT2D eigenvalue weighted by Gasteiger charge is 2.13. The summed E-state index contributed by atoms with van der Waals surface area (Å²) in [5.41, 5.74) is 6.88. The maximum Gasteiger partial charge on any atom is 0.320 e. The SMILES string of the molecule is CC(C)c1cc(F)cc(CC(N)C(=O)O)c1. The number of rotatable bonds is 4. The number of nitrogens with two attached hydrogens (primary N) is 1. The lowest BCUT2D eigenvalue weighted by Crippen LogP contribution is -2.32. The summed E-state index contributed by atoms with van der Waals surface area (Å²) >= 11 is 0. The Balaban J connectivity index is 2.92. The molecule has 0 fully saturated rings. The second-order valence-electron chi connectivity index (χ2n) is 4.20. The minimum absolute atomic E-state index is 0.146. The molecule has 4 heteroatoms. The highest BCUT2D eigenvalue weighted by molar-refractivity contribution is 5.73. The fourth-order valence-corrected chi connectivity index (χ4v) is 1.47. The van der Waals surface area contributed by atoms with Crippen molar-refractivity contribution in [1.82, 2.24) is 0 Å². The van der Waals surface area contributed by atoms with Gasteiger partial charge in [0.25, 0.3) is 0 Å². The van der Waals surface area contributed by atoms with E-state index in [0.29, 0.717) is 5.56 Å². The van der Waals surface area contributed by atoms with Crippen LogP contribution in [0.2, 0.25) is 0 Å². The molecule has 0 spiro atoms. The number of carboxylic acids is 1.